The minimum atomic E-state index is 0.0281. The molecule has 2 aromatic heterocycles. The topological polar surface area (TPSA) is 71.3 Å². The summed E-state index contributed by atoms with van der Waals surface area (Å²) < 4.78 is 5.58. The van der Waals surface area contributed by atoms with Crippen LogP contribution < -0.4 is 5.32 Å². The molecule has 0 unspecified atom stereocenters. The molecule has 0 bridgehead atoms. The highest BCUT2D eigenvalue weighted by atomic mass is 16.3. The van der Waals surface area contributed by atoms with Gasteiger partial charge in [-0.2, -0.15) is 5.10 Å². The molecular formula is C16H20N4O2. The third-order valence-electron chi connectivity index (χ3n) is 4.26. The van der Waals surface area contributed by atoms with Crippen molar-refractivity contribution >= 4 is 11.7 Å². The fourth-order valence-electron chi connectivity index (χ4n) is 2.89. The second-order valence-electron chi connectivity index (χ2n) is 5.64. The van der Waals surface area contributed by atoms with Crippen LogP contribution in [0.3, 0.4) is 0 Å². The molecule has 3 rings (SSSR count). The first-order chi connectivity index (χ1) is 10.5. The standard InChI is InChI=1S/C16H20N4O2/c1-9-10(2)22-11(3)15(9)16(21)20-6-5-13-12(8-20)7-14(17-4)19-18-13/h7H,5-6,8H2,1-4H3,(H,17,19). The summed E-state index contributed by atoms with van der Waals surface area (Å²) in [5.74, 6) is 2.25. The number of anilines is 1. The third-order valence-corrected chi connectivity index (χ3v) is 4.26. The predicted octanol–water partition coefficient (Wildman–Crippen LogP) is 2.24. The van der Waals surface area contributed by atoms with Crippen molar-refractivity contribution in [2.75, 3.05) is 18.9 Å². The van der Waals surface area contributed by atoms with Crippen molar-refractivity contribution in [2.24, 2.45) is 0 Å². The van der Waals surface area contributed by atoms with Crippen LogP contribution in [0.1, 0.15) is 38.7 Å². The van der Waals surface area contributed by atoms with Gasteiger partial charge in [-0.25, -0.2) is 0 Å². The van der Waals surface area contributed by atoms with E-state index in [1.807, 2.05) is 38.8 Å². The number of nitrogens with zero attached hydrogens (tertiary/aromatic N) is 3. The monoisotopic (exact) mass is 300 g/mol. The maximum Gasteiger partial charge on any atom is 0.257 e. The molecule has 0 radical (unpaired) electrons. The Morgan fingerprint density at radius 2 is 2.05 bits per heavy atom. The van der Waals surface area contributed by atoms with Crippen LogP contribution in [0.5, 0.6) is 0 Å². The van der Waals surface area contributed by atoms with Crippen LogP contribution in [0.4, 0.5) is 5.82 Å². The molecule has 6 heteroatoms. The average molecular weight is 300 g/mol. The maximum absolute atomic E-state index is 12.8. The fourth-order valence-corrected chi connectivity index (χ4v) is 2.89. The number of carbonyl (C=O) groups excluding carboxylic acids is 1. The van der Waals surface area contributed by atoms with Gasteiger partial charge < -0.3 is 14.6 Å². The number of aryl methyl sites for hydroxylation is 2. The van der Waals surface area contributed by atoms with Gasteiger partial charge in [0, 0.05) is 32.1 Å². The number of carbonyl (C=O) groups is 1. The number of hydrogen-bond donors (Lipinski definition) is 1. The molecule has 116 valence electrons. The number of nitrogens with one attached hydrogen (secondary N) is 1. The summed E-state index contributed by atoms with van der Waals surface area (Å²) >= 11 is 0. The number of amides is 1. The van der Waals surface area contributed by atoms with E-state index in [-0.39, 0.29) is 5.91 Å². The molecule has 0 spiro atoms. The zero-order chi connectivity index (χ0) is 15.9. The van der Waals surface area contributed by atoms with Crippen LogP contribution in [0.2, 0.25) is 0 Å². The van der Waals surface area contributed by atoms with Crippen molar-refractivity contribution in [1.82, 2.24) is 15.1 Å². The van der Waals surface area contributed by atoms with E-state index in [1.54, 1.807) is 0 Å². The Morgan fingerprint density at radius 3 is 2.68 bits per heavy atom. The van der Waals surface area contributed by atoms with Crippen LogP contribution >= 0.6 is 0 Å². The van der Waals surface area contributed by atoms with Gasteiger partial charge in [-0.05, 0) is 32.4 Å². The Balaban J connectivity index is 1.89. The SMILES string of the molecule is CNc1cc2c(nn1)CCN(C(=O)c1c(C)oc(C)c1C)C2. The Labute approximate surface area is 129 Å². The molecular weight excluding hydrogens is 280 g/mol. The zero-order valence-electron chi connectivity index (χ0n) is 13.4. The Bertz CT molecular complexity index is 736. The third kappa shape index (κ3) is 2.34. The van der Waals surface area contributed by atoms with Gasteiger partial charge in [0.25, 0.3) is 5.91 Å². The second-order valence-corrected chi connectivity index (χ2v) is 5.64. The van der Waals surface area contributed by atoms with Gasteiger partial charge in [0.05, 0.1) is 11.3 Å². The van der Waals surface area contributed by atoms with Crippen molar-refractivity contribution in [3.05, 3.63) is 40.0 Å². The molecule has 1 N–H and O–H groups in total. The number of furan rings is 1. The van der Waals surface area contributed by atoms with Gasteiger partial charge in [-0.3, -0.25) is 4.79 Å². The van der Waals surface area contributed by atoms with Crippen LogP contribution in [-0.4, -0.2) is 34.6 Å². The maximum atomic E-state index is 12.8. The van der Waals surface area contributed by atoms with E-state index in [1.165, 1.54) is 0 Å². The van der Waals surface area contributed by atoms with Crippen LogP contribution in [0.25, 0.3) is 0 Å². The summed E-state index contributed by atoms with van der Waals surface area (Å²) in [5, 5.41) is 11.3. The quantitative estimate of drug-likeness (QED) is 0.921. The van der Waals surface area contributed by atoms with Crippen molar-refractivity contribution < 1.29 is 9.21 Å². The Morgan fingerprint density at radius 1 is 1.27 bits per heavy atom. The van der Waals surface area contributed by atoms with E-state index in [9.17, 15) is 4.79 Å². The first kappa shape index (κ1) is 14.6. The number of aromatic nitrogens is 2. The van der Waals surface area contributed by atoms with Crippen LogP contribution in [-0.2, 0) is 13.0 Å². The number of fused-ring (bicyclic) bond motifs is 1. The van der Waals surface area contributed by atoms with Crippen molar-refractivity contribution in [1.29, 1.82) is 0 Å². The summed E-state index contributed by atoms with van der Waals surface area (Å²) in [7, 11) is 1.81. The molecule has 2 aromatic rings. The molecule has 0 aromatic carbocycles. The number of hydrogen-bond acceptors (Lipinski definition) is 5. The van der Waals surface area contributed by atoms with Gasteiger partial charge in [0.1, 0.15) is 17.3 Å². The van der Waals surface area contributed by atoms with Crippen molar-refractivity contribution in [2.45, 2.75) is 33.7 Å². The highest BCUT2D eigenvalue weighted by molar-refractivity contribution is 5.97. The molecule has 1 aliphatic heterocycles. The van der Waals surface area contributed by atoms with E-state index < -0.39 is 0 Å². The van der Waals surface area contributed by atoms with Gasteiger partial charge in [-0.1, -0.05) is 0 Å². The minimum absolute atomic E-state index is 0.0281. The average Bonchev–Trinajstić information content (AvgIpc) is 2.78. The molecule has 6 nitrogen and oxygen atoms in total. The summed E-state index contributed by atoms with van der Waals surface area (Å²) in [6.45, 7) is 6.88. The lowest BCUT2D eigenvalue weighted by molar-refractivity contribution is 0.0730. The summed E-state index contributed by atoms with van der Waals surface area (Å²) in [4.78, 5) is 14.7. The summed E-state index contributed by atoms with van der Waals surface area (Å²) in [5.41, 5.74) is 3.64. The largest absolute Gasteiger partial charge is 0.466 e. The zero-order valence-corrected chi connectivity index (χ0v) is 13.4. The minimum Gasteiger partial charge on any atom is -0.466 e. The van der Waals surface area contributed by atoms with E-state index in [2.05, 4.69) is 15.5 Å². The number of rotatable bonds is 2. The lowest BCUT2D eigenvalue weighted by Crippen LogP contribution is -2.37. The molecule has 0 aliphatic carbocycles. The molecule has 0 saturated carbocycles. The van der Waals surface area contributed by atoms with Gasteiger partial charge in [0.15, 0.2) is 0 Å². The van der Waals surface area contributed by atoms with Crippen molar-refractivity contribution in [3.63, 3.8) is 0 Å². The molecule has 3 heterocycles. The highest BCUT2D eigenvalue weighted by Gasteiger charge is 2.27. The fraction of sp³-hybridized carbons (Fsp3) is 0.438. The van der Waals surface area contributed by atoms with Gasteiger partial charge in [0.2, 0.25) is 0 Å². The molecule has 1 amide bonds. The molecule has 0 atom stereocenters. The summed E-state index contributed by atoms with van der Waals surface area (Å²) in [6, 6.07) is 1.96. The van der Waals surface area contributed by atoms with E-state index in [0.717, 1.165) is 34.8 Å². The van der Waals surface area contributed by atoms with Gasteiger partial charge >= 0.3 is 0 Å². The highest BCUT2D eigenvalue weighted by Crippen LogP contribution is 2.25. The van der Waals surface area contributed by atoms with Gasteiger partial charge in [-0.15, -0.1) is 5.10 Å². The van der Waals surface area contributed by atoms with E-state index >= 15 is 0 Å². The first-order valence-corrected chi connectivity index (χ1v) is 7.40. The Kier molecular flexibility index (Phi) is 3.60. The molecule has 0 saturated heterocycles. The summed E-state index contributed by atoms with van der Waals surface area (Å²) in [6.07, 6.45) is 0.729. The molecule has 0 fully saturated rings. The second kappa shape index (κ2) is 5.44. The molecule has 22 heavy (non-hydrogen) atoms. The smallest absolute Gasteiger partial charge is 0.257 e. The van der Waals surface area contributed by atoms with Crippen LogP contribution in [0.15, 0.2) is 10.5 Å². The van der Waals surface area contributed by atoms with Crippen molar-refractivity contribution in [3.8, 4) is 0 Å². The van der Waals surface area contributed by atoms with Crippen LogP contribution in [0, 0.1) is 20.8 Å². The lowest BCUT2D eigenvalue weighted by Gasteiger charge is -2.28. The predicted molar refractivity (Wildman–Crippen MR) is 82.9 cm³/mol. The molecule has 1 aliphatic rings. The lowest BCUT2D eigenvalue weighted by atomic mass is 10.0. The Hall–Kier alpha value is -2.37. The normalized spacial score (nSPS) is 13.9. The first-order valence-electron chi connectivity index (χ1n) is 7.40. The van der Waals surface area contributed by atoms with E-state index in [0.29, 0.717) is 24.4 Å². The van der Waals surface area contributed by atoms with E-state index in [4.69, 9.17) is 4.42 Å².